The lowest BCUT2D eigenvalue weighted by atomic mass is 9.86. The lowest BCUT2D eigenvalue weighted by Gasteiger charge is -2.30. The molecule has 76 valence electrons. The SMILES string of the molecule is CCC1CNC(C)c2cc(F)ccc21. The highest BCUT2D eigenvalue weighted by molar-refractivity contribution is 5.35. The van der Waals surface area contributed by atoms with Crippen LogP contribution in [0.5, 0.6) is 0 Å². The van der Waals surface area contributed by atoms with Gasteiger partial charge >= 0.3 is 0 Å². The summed E-state index contributed by atoms with van der Waals surface area (Å²) >= 11 is 0. The van der Waals surface area contributed by atoms with Gasteiger partial charge in [0.05, 0.1) is 0 Å². The third-order valence-electron chi connectivity index (χ3n) is 3.12. The zero-order chi connectivity index (χ0) is 10.1. The van der Waals surface area contributed by atoms with Gasteiger partial charge < -0.3 is 5.32 Å². The van der Waals surface area contributed by atoms with Gasteiger partial charge in [0, 0.05) is 12.6 Å². The summed E-state index contributed by atoms with van der Waals surface area (Å²) in [5.74, 6) is 0.413. The summed E-state index contributed by atoms with van der Waals surface area (Å²) < 4.78 is 13.1. The van der Waals surface area contributed by atoms with Crippen molar-refractivity contribution < 1.29 is 4.39 Å². The Balaban J connectivity index is 2.45. The highest BCUT2D eigenvalue weighted by Gasteiger charge is 2.22. The number of hydrogen-bond donors (Lipinski definition) is 1. The van der Waals surface area contributed by atoms with E-state index in [4.69, 9.17) is 0 Å². The molecule has 2 unspecified atom stereocenters. The van der Waals surface area contributed by atoms with Crippen molar-refractivity contribution in [1.29, 1.82) is 0 Å². The fraction of sp³-hybridized carbons (Fsp3) is 0.500. The molecule has 0 bridgehead atoms. The minimum atomic E-state index is -0.130. The Kier molecular flexibility index (Phi) is 2.55. The molecule has 0 amide bonds. The van der Waals surface area contributed by atoms with E-state index in [2.05, 4.69) is 19.2 Å². The summed E-state index contributed by atoms with van der Waals surface area (Å²) in [7, 11) is 0. The Morgan fingerprint density at radius 3 is 2.93 bits per heavy atom. The molecule has 14 heavy (non-hydrogen) atoms. The molecule has 1 aliphatic rings. The van der Waals surface area contributed by atoms with E-state index >= 15 is 0 Å². The molecule has 1 aromatic carbocycles. The van der Waals surface area contributed by atoms with Gasteiger partial charge in [0.15, 0.2) is 0 Å². The Labute approximate surface area is 84.3 Å². The molecule has 2 heteroatoms. The second-order valence-corrected chi connectivity index (χ2v) is 4.01. The van der Waals surface area contributed by atoms with Crippen molar-refractivity contribution >= 4 is 0 Å². The number of benzene rings is 1. The second kappa shape index (κ2) is 3.70. The summed E-state index contributed by atoms with van der Waals surface area (Å²) in [6.45, 7) is 5.27. The zero-order valence-electron chi connectivity index (χ0n) is 8.68. The van der Waals surface area contributed by atoms with E-state index in [0.29, 0.717) is 5.92 Å². The first-order chi connectivity index (χ1) is 6.72. The van der Waals surface area contributed by atoms with Gasteiger partial charge in [-0.1, -0.05) is 13.0 Å². The maximum absolute atomic E-state index is 13.1. The number of fused-ring (bicyclic) bond motifs is 1. The van der Waals surface area contributed by atoms with Crippen LogP contribution in [0.1, 0.15) is 43.4 Å². The third-order valence-corrected chi connectivity index (χ3v) is 3.12. The first kappa shape index (κ1) is 9.66. The molecular formula is C12H16FN. The molecule has 0 fully saturated rings. The smallest absolute Gasteiger partial charge is 0.123 e. The standard InChI is InChI=1S/C12H16FN/c1-3-9-7-14-8(2)12-6-10(13)4-5-11(9)12/h4-6,8-9,14H,3,7H2,1-2H3. The molecular weight excluding hydrogens is 177 g/mol. The summed E-state index contributed by atoms with van der Waals surface area (Å²) in [4.78, 5) is 0. The maximum Gasteiger partial charge on any atom is 0.123 e. The number of hydrogen-bond acceptors (Lipinski definition) is 1. The summed E-state index contributed by atoms with van der Waals surface area (Å²) in [6.07, 6.45) is 1.11. The van der Waals surface area contributed by atoms with Crippen LogP contribution in [0.3, 0.4) is 0 Å². The normalized spacial score (nSPS) is 25.9. The Hall–Kier alpha value is -0.890. The molecule has 0 saturated carbocycles. The van der Waals surface area contributed by atoms with Gasteiger partial charge in [-0.15, -0.1) is 0 Å². The van der Waals surface area contributed by atoms with Crippen molar-refractivity contribution in [3.05, 3.63) is 35.1 Å². The van der Waals surface area contributed by atoms with Crippen LogP contribution >= 0.6 is 0 Å². The second-order valence-electron chi connectivity index (χ2n) is 4.01. The number of rotatable bonds is 1. The van der Waals surface area contributed by atoms with Gasteiger partial charge in [-0.3, -0.25) is 0 Å². The summed E-state index contributed by atoms with van der Waals surface area (Å²) in [6, 6.07) is 5.45. The maximum atomic E-state index is 13.1. The van der Waals surface area contributed by atoms with Crippen molar-refractivity contribution in [2.24, 2.45) is 0 Å². The van der Waals surface area contributed by atoms with Crippen LogP contribution in [0.15, 0.2) is 18.2 Å². The van der Waals surface area contributed by atoms with Crippen LogP contribution in [0.4, 0.5) is 4.39 Å². The summed E-state index contributed by atoms with van der Waals surface area (Å²) in [5, 5.41) is 3.40. The molecule has 0 saturated heterocycles. The van der Waals surface area contributed by atoms with Crippen LogP contribution in [0.2, 0.25) is 0 Å². The predicted octanol–water partition coefficient (Wildman–Crippen LogP) is 2.98. The fourth-order valence-corrected chi connectivity index (χ4v) is 2.20. The van der Waals surface area contributed by atoms with Crippen LogP contribution < -0.4 is 5.32 Å². The lowest BCUT2D eigenvalue weighted by molar-refractivity contribution is 0.465. The van der Waals surface area contributed by atoms with Crippen LogP contribution in [0, 0.1) is 5.82 Å². The summed E-state index contributed by atoms with van der Waals surface area (Å²) in [5.41, 5.74) is 2.45. The molecule has 1 N–H and O–H groups in total. The highest BCUT2D eigenvalue weighted by atomic mass is 19.1. The first-order valence-corrected chi connectivity index (χ1v) is 5.25. The van der Waals surface area contributed by atoms with Gasteiger partial charge in [0.2, 0.25) is 0 Å². The number of nitrogens with one attached hydrogen (secondary N) is 1. The minimum absolute atomic E-state index is 0.130. The molecule has 1 nitrogen and oxygen atoms in total. The number of halogens is 1. The topological polar surface area (TPSA) is 12.0 Å². The van der Waals surface area contributed by atoms with Crippen molar-refractivity contribution in [3.63, 3.8) is 0 Å². The van der Waals surface area contributed by atoms with E-state index < -0.39 is 0 Å². The van der Waals surface area contributed by atoms with Gasteiger partial charge in [0.25, 0.3) is 0 Å². The molecule has 0 aromatic heterocycles. The van der Waals surface area contributed by atoms with E-state index in [0.717, 1.165) is 18.5 Å². The first-order valence-electron chi connectivity index (χ1n) is 5.25. The van der Waals surface area contributed by atoms with Crippen molar-refractivity contribution in [2.45, 2.75) is 32.2 Å². The molecule has 2 atom stereocenters. The lowest BCUT2D eigenvalue weighted by Crippen LogP contribution is -2.31. The average molecular weight is 193 g/mol. The Morgan fingerprint density at radius 2 is 2.21 bits per heavy atom. The molecule has 0 aliphatic carbocycles. The van der Waals surface area contributed by atoms with Crippen LogP contribution in [-0.2, 0) is 0 Å². The molecule has 2 rings (SSSR count). The molecule has 1 aromatic rings. The van der Waals surface area contributed by atoms with E-state index in [9.17, 15) is 4.39 Å². The van der Waals surface area contributed by atoms with Gasteiger partial charge in [0.1, 0.15) is 5.82 Å². The van der Waals surface area contributed by atoms with E-state index in [1.165, 1.54) is 5.56 Å². The van der Waals surface area contributed by atoms with Crippen LogP contribution in [-0.4, -0.2) is 6.54 Å². The largest absolute Gasteiger partial charge is 0.310 e. The van der Waals surface area contributed by atoms with E-state index in [-0.39, 0.29) is 11.9 Å². The monoisotopic (exact) mass is 193 g/mol. The van der Waals surface area contributed by atoms with Gasteiger partial charge in [-0.05, 0) is 42.5 Å². The molecule has 0 spiro atoms. The molecule has 0 radical (unpaired) electrons. The third kappa shape index (κ3) is 1.55. The van der Waals surface area contributed by atoms with E-state index in [1.54, 1.807) is 12.1 Å². The quantitative estimate of drug-likeness (QED) is 0.723. The van der Waals surface area contributed by atoms with Crippen molar-refractivity contribution in [3.8, 4) is 0 Å². The zero-order valence-corrected chi connectivity index (χ0v) is 8.68. The van der Waals surface area contributed by atoms with Crippen molar-refractivity contribution in [1.82, 2.24) is 5.32 Å². The minimum Gasteiger partial charge on any atom is -0.310 e. The van der Waals surface area contributed by atoms with Gasteiger partial charge in [-0.2, -0.15) is 0 Å². The predicted molar refractivity (Wildman–Crippen MR) is 55.8 cm³/mol. The van der Waals surface area contributed by atoms with Crippen LogP contribution in [0.25, 0.3) is 0 Å². The molecule has 1 heterocycles. The Bertz CT molecular complexity index is 335. The highest BCUT2D eigenvalue weighted by Crippen LogP contribution is 2.31. The van der Waals surface area contributed by atoms with Crippen molar-refractivity contribution in [2.75, 3.05) is 6.54 Å². The van der Waals surface area contributed by atoms with E-state index in [1.807, 2.05) is 6.07 Å². The van der Waals surface area contributed by atoms with Gasteiger partial charge in [-0.25, -0.2) is 4.39 Å². The fourth-order valence-electron chi connectivity index (χ4n) is 2.20. The average Bonchev–Trinajstić information content (AvgIpc) is 2.19. The molecule has 1 aliphatic heterocycles. The Morgan fingerprint density at radius 1 is 1.43 bits per heavy atom.